The average molecular weight is 270 g/mol. The third-order valence-corrected chi connectivity index (χ3v) is 5.46. The second-order valence-corrected chi connectivity index (χ2v) is 6.84. The number of ketones is 2. The average Bonchev–Trinajstić information content (AvgIpc) is 2.39. The number of carbonyl (C=O) groups excluding carboxylic acids is 2. The Balaban J connectivity index is 2.00. The summed E-state index contributed by atoms with van der Waals surface area (Å²) in [7, 11) is 0. The van der Waals surface area contributed by atoms with Gasteiger partial charge in [0.1, 0.15) is 0 Å². The zero-order valence-electron chi connectivity index (χ0n) is 12.8. The Morgan fingerprint density at radius 3 is 2.20 bits per heavy atom. The maximum Gasteiger partial charge on any atom is 0.192 e. The largest absolute Gasteiger partial charge is 0.289 e. The second kappa shape index (κ2) is 4.54. The zero-order valence-corrected chi connectivity index (χ0v) is 12.8. The molecule has 106 valence electrons. The molecule has 0 aromatic carbocycles. The minimum Gasteiger partial charge on any atom is -0.289 e. The predicted molar refractivity (Wildman–Crippen MR) is 79.2 cm³/mol. The lowest BCUT2D eigenvalue weighted by atomic mass is 9.68. The van der Waals surface area contributed by atoms with Crippen LogP contribution in [0.3, 0.4) is 0 Å². The van der Waals surface area contributed by atoms with Gasteiger partial charge in [-0.2, -0.15) is 0 Å². The topological polar surface area (TPSA) is 34.1 Å². The molecular weight excluding hydrogens is 248 g/mol. The number of allylic oxidation sites excluding steroid dienone is 6. The van der Waals surface area contributed by atoms with Crippen molar-refractivity contribution in [3.63, 3.8) is 0 Å². The van der Waals surface area contributed by atoms with Crippen LogP contribution in [0.4, 0.5) is 0 Å². The molecule has 20 heavy (non-hydrogen) atoms. The highest BCUT2D eigenvalue weighted by molar-refractivity contribution is 6.32. The van der Waals surface area contributed by atoms with E-state index in [1.807, 2.05) is 13.8 Å². The summed E-state index contributed by atoms with van der Waals surface area (Å²) in [4.78, 5) is 25.2. The lowest BCUT2D eigenvalue weighted by molar-refractivity contribution is -0.118. The molecule has 3 rings (SSSR count). The van der Waals surface area contributed by atoms with E-state index in [4.69, 9.17) is 0 Å². The van der Waals surface area contributed by atoms with Gasteiger partial charge in [0.15, 0.2) is 11.6 Å². The van der Waals surface area contributed by atoms with Gasteiger partial charge in [-0.05, 0) is 62.5 Å². The van der Waals surface area contributed by atoms with Crippen LogP contribution in [0.1, 0.15) is 53.4 Å². The molecule has 0 spiro atoms. The highest BCUT2D eigenvalue weighted by atomic mass is 16.1. The van der Waals surface area contributed by atoms with Crippen LogP contribution < -0.4 is 0 Å². The van der Waals surface area contributed by atoms with Crippen molar-refractivity contribution >= 4 is 11.6 Å². The molecule has 2 heteroatoms. The van der Waals surface area contributed by atoms with E-state index in [9.17, 15) is 9.59 Å². The van der Waals surface area contributed by atoms with Crippen molar-refractivity contribution < 1.29 is 9.59 Å². The molecular formula is C18H22O2. The quantitative estimate of drug-likeness (QED) is 0.625. The van der Waals surface area contributed by atoms with Crippen molar-refractivity contribution in [3.05, 3.63) is 33.4 Å². The number of hydrogen-bond donors (Lipinski definition) is 0. The molecule has 3 aliphatic carbocycles. The smallest absolute Gasteiger partial charge is 0.192 e. The van der Waals surface area contributed by atoms with E-state index in [2.05, 4.69) is 13.8 Å². The molecule has 0 aromatic rings. The summed E-state index contributed by atoms with van der Waals surface area (Å²) in [5, 5.41) is 0. The lowest BCUT2D eigenvalue weighted by Gasteiger charge is -2.35. The normalized spacial score (nSPS) is 30.8. The molecule has 3 aliphatic rings. The van der Waals surface area contributed by atoms with E-state index in [1.54, 1.807) is 0 Å². The van der Waals surface area contributed by atoms with Gasteiger partial charge in [0.25, 0.3) is 0 Å². The fourth-order valence-corrected chi connectivity index (χ4v) is 3.72. The van der Waals surface area contributed by atoms with Gasteiger partial charge in [-0.1, -0.05) is 25.0 Å². The van der Waals surface area contributed by atoms with Crippen LogP contribution in [0.2, 0.25) is 0 Å². The van der Waals surface area contributed by atoms with Crippen molar-refractivity contribution in [2.24, 2.45) is 11.8 Å². The number of carbonyl (C=O) groups is 2. The Morgan fingerprint density at radius 1 is 0.850 bits per heavy atom. The maximum absolute atomic E-state index is 12.7. The SMILES string of the molecule is CC1=C(C)C(=O)C2=C(C1)CC1=C(CC(C)C(C)C1)C2=O. The van der Waals surface area contributed by atoms with Gasteiger partial charge in [0.2, 0.25) is 0 Å². The molecule has 0 saturated heterocycles. The fraction of sp³-hybridized carbons (Fsp3) is 0.556. The minimum absolute atomic E-state index is 0.0217. The van der Waals surface area contributed by atoms with Gasteiger partial charge in [0.05, 0.1) is 5.57 Å². The van der Waals surface area contributed by atoms with Crippen LogP contribution in [0.15, 0.2) is 33.4 Å². The summed E-state index contributed by atoms with van der Waals surface area (Å²) >= 11 is 0. The summed E-state index contributed by atoms with van der Waals surface area (Å²) in [5.41, 5.74) is 5.74. The number of rotatable bonds is 0. The molecule has 0 saturated carbocycles. The first-order valence-electron chi connectivity index (χ1n) is 7.58. The summed E-state index contributed by atoms with van der Waals surface area (Å²) in [5.74, 6) is 1.20. The van der Waals surface area contributed by atoms with Gasteiger partial charge in [-0.3, -0.25) is 9.59 Å². The molecule has 2 atom stereocenters. The van der Waals surface area contributed by atoms with Crippen molar-refractivity contribution in [1.82, 2.24) is 0 Å². The van der Waals surface area contributed by atoms with Crippen LogP contribution in [-0.4, -0.2) is 11.6 Å². The number of Topliss-reactive ketones (excluding diaryl/α,β-unsaturated/α-hetero) is 2. The second-order valence-electron chi connectivity index (χ2n) is 6.84. The van der Waals surface area contributed by atoms with Crippen molar-refractivity contribution in [1.29, 1.82) is 0 Å². The molecule has 0 bridgehead atoms. The molecule has 2 nitrogen and oxygen atoms in total. The molecule has 0 N–H and O–H groups in total. The van der Waals surface area contributed by atoms with Gasteiger partial charge in [-0.25, -0.2) is 0 Å². The van der Waals surface area contributed by atoms with Crippen molar-refractivity contribution in [2.75, 3.05) is 0 Å². The first-order valence-corrected chi connectivity index (χ1v) is 7.58. The third-order valence-electron chi connectivity index (χ3n) is 5.46. The summed E-state index contributed by atoms with van der Waals surface area (Å²) < 4.78 is 0. The highest BCUT2D eigenvalue weighted by Crippen LogP contribution is 2.44. The van der Waals surface area contributed by atoms with Gasteiger partial charge >= 0.3 is 0 Å². The van der Waals surface area contributed by atoms with Crippen molar-refractivity contribution in [3.8, 4) is 0 Å². The minimum atomic E-state index is -0.0217. The molecule has 0 radical (unpaired) electrons. The van der Waals surface area contributed by atoms with Gasteiger partial charge in [0, 0.05) is 5.57 Å². The van der Waals surface area contributed by atoms with Crippen LogP contribution in [0.5, 0.6) is 0 Å². The lowest BCUT2D eigenvalue weighted by Crippen LogP contribution is -2.30. The van der Waals surface area contributed by atoms with Crippen LogP contribution in [0, 0.1) is 11.8 Å². The van der Waals surface area contributed by atoms with E-state index < -0.39 is 0 Å². The van der Waals surface area contributed by atoms with Gasteiger partial charge < -0.3 is 0 Å². The van der Waals surface area contributed by atoms with Crippen LogP contribution in [0.25, 0.3) is 0 Å². The highest BCUT2D eigenvalue weighted by Gasteiger charge is 2.38. The van der Waals surface area contributed by atoms with E-state index in [0.717, 1.165) is 48.0 Å². The van der Waals surface area contributed by atoms with Crippen molar-refractivity contribution in [2.45, 2.75) is 53.4 Å². The molecule has 0 aliphatic heterocycles. The maximum atomic E-state index is 12.7. The van der Waals surface area contributed by atoms with Crippen LogP contribution in [-0.2, 0) is 9.59 Å². The van der Waals surface area contributed by atoms with E-state index >= 15 is 0 Å². The van der Waals surface area contributed by atoms with E-state index in [0.29, 0.717) is 17.4 Å². The number of hydrogen-bond acceptors (Lipinski definition) is 2. The first-order chi connectivity index (χ1) is 9.40. The summed E-state index contributed by atoms with van der Waals surface area (Å²) in [6.45, 7) is 8.34. The Kier molecular flexibility index (Phi) is 3.07. The Morgan fingerprint density at radius 2 is 1.50 bits per heavy atom. The molecule has 0 heterocycles. The molecule has 0 amide bonds. The summed E-state index contributed by atoms with van der Waals surface area (Å²) in [6, 6.07) is 0. The third kappa shape index (κ3) is 1.85. The Hall–Kier alpha value is -1.44. The molecule has 2 unspecified atom stereocenters. The Bertz CT molecular complexity index is 613. The van der Waals surface area contributed by atoms with E-state index in [-0.39, 0.29) is 11.6 Å². The van der Waals surface area contributed by atoms with Crippen LogP contribution >= 0.6 is 0 Å². The predicted octanol–water partition coefficient (Wildman–Crippen LogP) is 3.93. The molecule has 0 aromatic heterocycles. The Labute approximate surface area is 120 Å². The summed E-state index contributed by atoms with van der Waals surface area (Å²) in [6.07, 6.45) is 3.53. The first kappa shape index (κ1) is 13.5. The zero-order chi connectivity index (χ0) is 14.6. The van der Waals surface area contributed by atoms with Gasteiger partial charge in [-0.15, -0.1) is 0 Å². The fourth-order valence-electron chi connectivity index (χ4n) is 3.72. The standard InChI is InChI=1S/C18H22O2/c1-9-5-13-8-14-6-11(3)12(4)17(19)16(14)18(20)15(13)7-10(9)2/h9-10H,5-8H2,1-4H3. The molecule has 0 fully saturated rings. The monoisotopic (exact) mass is 270 g/mol. The van der Waals surface area contributed by atoms with E-state index in [1.165, 1.54) is 5.57 Å².